The number of benzene rings is 1. The number of hydrogen-bond acceptors (Lipinski definition) is 4. The van der Waals surface area contributed by atoms with E-state index in [2.05, 4.69) is 0 Å². The van der Waals surface area contributed by atoms with E-state index in [-0.39, 0.29) is 12.4 Å². The van der Waals surface area contributed by atoms with Gasteiger partial charge in [-0.25, -0.2) is 4.79 Å². The van der Waals surface area contributed by atoms with Gasteiger partial charge in [-0.15, -0.1) is 0 Å². The summed E-state index contributed by atoms with van der Waals surface area (Å²) >= 11 is 0. The minimum absolute atomic E-state index is 0.0550. The predicted molar refractivity (Wildman–Crippen MR) is 48.5 cm³/mol. The molecule has 0 aliphatic carbocycles. The van der Waals surface area contributed by atoms with Gasteiger partial charge < -0.3 is 14.6 Å². The van der Waals surface area contributed by atoms with Gasteiger partial charge in [0.2, 0.25) is 0 Å². The third-order valence-electron chi connectivity index (χ3n) is 2.38. The molecule has 1 aliphatic heterocycles. The third kappa shape index (κ3) is 1.04. The summed E-state index contributed by atoms with van der Waals surface area (Å²) < 4.78 is 9.97. The van der Waals surface area contributed by atoms with Crippen molar-refractivity contribution < 1.29 is 19.4 Å². The van der Waals surface area contributed by atoms with Gasteiger partial charge in [0.25, 0.3) is 0 Å². The van der Waals surface area contributed by atoms with E-state index in [1.54, 1.807) is 6.92 Å². The molecule has 4 heteroatoms. The molecular formula is C10H10O4. The summed E-state index contributed by atoms with van der Waals surface area (Å²) in [5.41, 5.74) is 1.74. The Kier molecular flexibility index (Phi) is 1.84. The Balaban J connectivity index is 2.71. The van der Waals surface area contributed by atoms with E-state index >= 15 is 0 Å². The number of aromatic hydroxyl groups is 1. The molecule has 0 amide bonds. The highest BCUT2D eigenvalue weighted by molar-refractivity contribution is 5.95. The number of ether oxygens (including phenoxy) is 2. The smallest absolute Gasteiger partial charge is 0.339 e. The molecule has 2 rings (SSSR count). The van der Waals surface area contributed by atoms with Crippen LogP contribution in [0.5, 0.6) is 11.5 Å². The van der Waals surface area contributed by atoms with Crippen LogP contribution in [0.4, 0.5) is 0 Å². The highest BCUT2D eigenvalue weighted by Gasteiger charge is 2.27. The number of esters is 1. The first-order chi connectivity index (χ1) is 6.65. The Morgan fingerprint density at radius 3 is 2.93 bits per heavy atom. The standard InChI is InChI=1S/C10H10O4/c1-5-8(11)3-6-7(9(5)13-2)4-14-10(6)12/h3,11H,4H2,1-2H3. The summed E-state index contributed by atoms with van der Waals surface area (Å²) in [5, 5.41) is 9.53. The molecule has 14 heavy (non-hydrogen) atoms. The predicted octanol–water partition coefficient (Wildman–Crippen LogP) is 1.38. The van der Waals surface area contributed by atoms with Gasteiger partial charge in [0.05, 0.1) is 12.7 Å². The van der Waals surface area contributed by atoms with Crippen molar-refractivity contribution >= 4 is 5.97 Å². The van der Waals surface area contributed by atoms with Gasteiger partial charge >= 0.3 is 5.97 Å². The molecule has 1 aromatic carbocycles. The monoisotopic (exact) mass is 194 g/mol. The van der Waals surface area contributed by atoms with Crippen LogP contribution in [-0.2, 0) is 11.3 Å². The SMILES string of the molecule is COc1c(C)c(O)cc2c1COC2=O. The third-order valence-corrected chi connectivity index (χ3v) is 2.38. The molecule has 0 spiro atoms. The molecule has 0 saturated heterocycles. The molecule has 1 N–H and O–H groups in total. The topological polar surface area (TPSA) is 55.8 Å². The number of cyclic esters (lactones) is 1. The van der Waals surface area contributed by atoms with E-state index in [9.17, 15) is 9.90 Å². The second kappa shape index (κ2) is 2.90. The van der Waals surface area contributed by atoms with Gasteiger partial charge in [-0.3, -0.25) is 0 Å². The zero-order chi connectivity index (χ0) is 10.3. The van der Waals surface area contributed by atoms with Gasteiger partial charge in [-0.2, -0.15) is 0 Å². The molecule has 0 radical (unpaired) electrons. The van der Waals surface area contributed by atoms with Crippen molar-refractivity contribution in [2.24, 2.45) is 0 Å². The number of phenols is 1. The van der Waals surface area contributed by atoms with Crippen molar-refractivity contribution in [1.82, 2.24) is 0 Å². The average molecular weight is 194 g/mol. The van der Waals surface area contributed by atoms with Crippen molar-refractivity contribution in [2.75, 3.05) is 7.11 Å². The van der Waals surface area contributed by atoms with Crippen LogP contribution in [0, 0.1) is 6.92 Å². The Morgan fingerprint density at radius 2 is 2.29 bits per heavy atom. The minimum atomic E-state index is -0.409. The Labute approximate surface area is 81.1 Å². The van der Waals surface area contributed by atoms with Gasteiger partial charge in [-0.05, 0) is 13.0 Å². The number of phenolic OH excluding ortho intramolecular Hbond substituents is 1. The molecule has 0 atom stereocenters. The lowest BCUT2D eigenvalue weighted by Gasteiger charge is -2.09. The van der Waals surface area contributed by atoms with Gasteiger partial charge in [-0.1, -0.05) is 0 Å². The summed E-state index contributed by atoms with van der Waals surface area (Å²) in [6, 6.07) is 1.42. The first-order valence-corrected chi connectivity index (χ1v) is 4.21. The second-order valence-corrected chi connectivity index (χ2v) is 3.16. The van der Waals surface area contributed by atoms with Crippen molar-refractivity contribution in [3.8, 4) is 11.5 Å². The molecule has 1 aromatic rings. The molecule has 0 aromatic heterocycles. The van der Waals surface area contributed by atoms with E-state index in [4.69, 9.17) is 9.47 Å². The van der Waals surface area contributed by atoms with Crippen molar-refractivity contribution in [1.29, 1.82) is 0 Å². The number of carbonyl (C=O) groups excluding carboxylic acids is 1. The summed E-state index contributed by atoms with van der Waals surface area (Å²) in [4.78, 5) is 11.2. The maximum atomic E-state index is 11.2. The fourth-order valence-electron chi connectivity index (χ4n) is 1.61. The molecule has 1 aliphatic rings. The normalized spacial score (nSPS) is 13.7. The number of fused-ring (bicyclic) bond motifs is 1. The maximum Gasteiger partial charge on any atom is 0.339 e. The molecule has 0 saturated carbocycles. The van der Waals surface area contributed by atoms with Gasteiger partial charge in [0.1, 0.15) is 18.1 Å². The van der Waals surface area contributed by atoms with Crippen molar-refractivity contribution in [2.45, 2.75) is 13.5 Å². The van der Waals surface area contributed by atoms with E-state index in [1.807, 2.05) is 0 Å². The lowest BCUT2D eigenvalue weighted by Crippen LogP contribution is -1.97. The van der Waals surface area contributed by atoms with Crippen LogP contribution in [-0.4, -0.2) is 18.2 Å². The lowest BCUT2D eigenvalue weighted by molar-refractivity contribution is 0.0534. The molecule has 1 heterocycles. The minimum Gasteiger partial charge on any atom is -0.508 e. The number of carbonyl (C=O) groups is 1. The Hall–Kier alpha value is -1.71. The van der Waals surface area contributed by atoms with E-state index in [0.717, 1.165) is 0 Å². The van der Waals surface area contributed by atoms with E-state index in [0.29, 0.717) is 22.4 Å². The fourth-order valence-corrected chi connectivity index (χ4v) is 1.61. The maximum absolute atomic E-state index is 11.2. The van der Waals surface area contributed by atoms with Gasteiger partial charge in [0.15, 0.2) is 0 Å². The zero-order valence-corrected chi connectivity index (χ0v) is 7.96. The van der Waals surface area contributed by atoms with Crippen LogP contribution < -0.4 is 4.74 Å². The van der Waals surface area contributed by atoms with Crippen LogP contribution in [0.25, 0.3) is 0 Å². The molecular weight excluding hydrogens is 184 g/mol. The summed E-state index contributed by atoms with van der Waals surface area (Å²) in [6.45, 7) is 1.95. The molecule has 74 valence electrons. The summed E-state index contributed by atoms with van der Waals surface area (Å²) in [6.07, 6.45) is 0. The average Bonchev–Trinajstić information content (AvgIpc) is 2.51. The molecule has 4 nitrogen and oxygen atoms in total. The fraction of sp³-hybridized carbons (Fsp3) is 0.300. The zero-order valence-electron chi connectivity index (χ0n) is 7.96. The highest BCUT2D eigenvalue weighted by atomic mass is 16.5. The van der Waals surface area contributed by atoms with Crippen LogP contribution in [0.3, 0.4) is 0 Å². The Morgan fingerprint density at radius 1 is 1.57 bits per heavy atom. The van der Waals surface area contributed by atoms with Crippen LogP contribution >= 0.6 is 0 Å². The first kappa shape index (κ1) is 8.87. The van der Waals surface area contributed by atoms with E-state index < -0.39 is 5.97 Å². The molecule has 0 bridgehead atoms. The molecule has 0 unspecified atom stereocenters. The Bertz CT molecular complexity index is 409. The summed E-state index contributed by atoms with van der Waals surface area (Å²) in [5.74, 6) is 0.180. The summed E-state index contributed by atoms with van der Waals surface area (Å²) in [7, 11) is 1.50. The van der Waals surface area contributed by atoms with E-state index in [1.165, 1.54) is 13.2 Å². The van der Waals surface area contributed by atoms with Crippen LogP contribution in [0.2, 0.25) is 0 Å². The highest BCUT2D eigenvalue weighted by Crippen LogP contribution is 2.37. The van der Waals surface area contributed by atoms with Crippen LogP contribution in [0.1, 0.15) is 21.5 Å². The first-order valence-electron chi connectivity index (χ1n) is 4.21. The quantitative estimate of drug-likeness (QED) is 0.686. The number of hydrogen-bond donors (Lipinski definition) is 1. The van der Waals surface area contributed by atoms with Crippen molar-refractivity contribution in [3.05, 3.63) is 22.8 Å². The van der Waals surface area contributed by atoms with Crippen LogP contribution in [0.15, 0.2) is 6.07 Å². The lowest BCUT2D eigenvalue weighted by atomic mass is 10.0. The number of rotatable bonds is 1. The van der Waals surface area contributed by atoms with Crippen molar-refractivity contribution in [3.63, 3.8) is 0 Å². The molecule has 0 fully saturated rings. The largest absolute Gasteiger partial charge is 0.508 e. The number of methoxy groups -OCH3 is 1. The second-order valence-electron chi connectivity index (χ2n) is 3.16. The van der Waals surface area contributed by atoms with Gasteiger partial charge in [0, 0.05) is 11.1 Å².